The van der Waals surface area contributed by atoms with E-state index in [1.54, 1.807) is 6.20 Å². The zero-order valence-corrected chi connectivity index (χ0v) is 15.7. The van der Waals surface area contributed by atoms with Crippen molar-refractivity contribution in [2.45, 2.75) is 13.3 Å². The molecular formula is C21H25N5O. The quantitative estimate of drug-likeness (QED) is 0.700. The molecule has 1 fully saturated rings. The second-order valence-corrected chi connectivity index (χ2v) is 6.85. The first kappa shape index (κ1) is 17.5. The number of para-hydroxylation sites is 1. The highest BCUT2D eigenvalue weighted by molar-refractivity contribution is 5.97. The van der Waals surface area contributed by atoms with Crippen molar-refractivity contribution in [1.29, 1.82) is 0 Å². The van der Waals surface area contributed by atoms with E-state index in [0.29, 0.717) is 5.56 Å². The van der Waals surface area contributed by atoms with Crippen LogP contribution in [0.25, 0.3) is 11.5 Å². The summed E-state index contributed by atoms with van der Waals surface area (Å²) in [7, 11) is 0. The molecule has 27 heavy (non-hydrogen) atoms. The van der Waals surface area contributed by atoms with Gasteiger partial charge in [-0.1, -0.05) is 25.1 Å². The van der Waals surface area contributed by atoms with Gasteiger partial charge in [-0.3, -0.25) is 9.69 Å². The lowest BCUT2D eigenvalue weighted by Crippen LogP contribution is -2.48. The van der Waals surface area contributed by atoms with Crippen molar-refractivity contribution in [2.24, 2.45) is 0 Å². The molecule has 0 bridgehead atoms. The maximum Gasteiger partial charge on any atom is 0.259 e. The Labute approximate surface area is 159 Å². The third kappa shape index (κ3) is 3.53. The molecule has 140 valence electrons. The van der Waals surface area contributed by atoms with E-state index in [2.05, 4.69) is 16.9 Å². The summed E-state index contributed by atoms with van der Waals surface area (Å²) in [5.74, 6) is 0.837. The highest BCUT2D eigenvalue weighted by Crippen LogP contribution is 2.21. The van der Waals surface area contributed by atoms with Gasteiger partial charge >= 0.3 is 0 Å². The Morgan fingerprint density at radius 2 is 1.70 bits per heavy atom. The number of rotatable bonds is 5. The lowest BCUT2D eigenvalue weighted by Gasteiger charge is -2.34. The monoisotopic (exact) mass is 363 g/mol. The Morgan fingerprint density at radius 1 is 1.00 bits per heavy atom. The number of hydrogen-bond acceptors (Lipinski definition) is 3. The number of hydrogen-bond donors (Lipinski definition) is 0. The van der Waals surface area contributed by atoms with Gasteiger partial charge in [0, 0.05) is 38.6 Å². The summed E-state index contributed by atoms with van der Waals surface area (Å²) in [6.45, 7) is 6.69. The predicted octanol–water partition coefficient (Wildman–Crippen LogP) is 2.83. The number of piperazine rings is 1. The molecule has 1 aromatic carbocycles. The van der Waals surface area contributed by atoms with Crippen LogP contribution < -0.4 is 0 Å². The summed E-state index contributed by atoms with van der Waals surface area (Å²) in [4.78, 5) is 17.6. The summed E-state index contributed by atoms with van der Waals surface area (Å²) < 4.78 is 3.79. The second-order valence-electron chi connectivity index (χ2n) is 6.85. The Kier molecular flexibility index (Phi) is 5.07. The van der Waals surface area contributed by atoms with Crippen LogP contribution in [0.15, 0.2) is 61.1 Å². The average Bonchev–Trinajstić information content (AvgIpc) is 3.38. The summed E-state index contributed by atoms with van der Waals surface area (Å²) >= 11 is 0. The average molecular weight is 363 g/mol. The van der Waals surface area contributed by atoms with E-state index < -0.39 is 0 Å². The van der Waals surface area contributed by atoms with Crippen molar-refractivity contribution >= 4 is 5.91 Å². The fourth-order valence-corrected chi connectivity index (χ4v) is 3.64. The van der Waals surface area contributed by atoms with Gasteiger partial charge in [0.15, 0.2) is 5.82 Å². The van der Waals surface area contributed by atoms with Gasteiger partial charge in [-0.15, -0.1) is 0 Å². The van der Waals surface area contributed by atoms with Crippen LogP contribution in [0.3, 0.4) is 0 Å². The molecule has 0 spiro atoms. The van der Waals surface area contributed by atoms with Gasteiger partial charge in [-0.25, -0.2) is 4.68 Å². The first-order chi connectivity index (χ1) is 13.3. The van der Waals surface area contributed by atoms with Crippen molar-refractivity contribution in [2.75, 3.05) is 32.7 Å². The molecule has 6 heteroatoms. The highest BCUT2D eigenvalue weighted by atomic mass is 16.2. The van der Waals surface area contributed by atoms with Gasteiger partial charge in [-0.05, 0) is 37.2 Å². The number of carbonyl (C=O) groups is 1. The van der Waals surface area contributed by atoms with Crippen molar-refractivity contribution in [1.82, 2.24) is 24.1 Å². The van der Waals surface area contributed by atoms with Gasteiger partial charge < -0.3 is 9.47 Å². The number of carbonyl (C=O) groups excluding carboxylic acids is 1. The van der Waals surface area contributed by atoms with Gasteiger partial charge in [0.2, 0.25) is 0 Å². The molecule has 0 saturated carbocycles. The minimum atomic E-state index is 0.0528. The van der Waals surface area contributed by atoms with E-state index in [0.717, 1.165) is 50.6 Å². The van der Waals surface area contributed by atoms with Crippen LogP contribution in [0.4, 0.5) is 0 Å². The number of amides is 1. The van der Waals surface area contributed by atoms with Crippen LogP contribution in [0.2, 0.25) is 0 Å². The molecule has 1 saturated heterocycles. The molecule has 0 N–H and O–H groups in total. The van der Waals surface area contributed by atoms with Crippen molar-refractivity contribution < 1.29 is 4.79 Å². The Hall–Kier alpha value is -2.86. The van der Waals surface area contributed by atoms with Gasteiger partial charge in [0.1, 0.15) is 5.56 Å². The zero-order valence-electron chi connectivity index (χ0n) is 15.7. The summed E-state index contributed by atoms with van der Waals surface area (Å²) in [5, 5.41) is 4.54. The first-order valence-corrected chi connectivity index (χ1v) is 9.56. The molecule has 0 aliphatic carbocycles. The van der Waals surface area contributed by atoms with Crippen LogP contribution in [0.1, 0.15) is 23.7 Å². The van der Waals surface area contributed by atoms with E-state index >= 15 is 0 Å². The topological polar surface area (TPSA) is 46.3 Å². The molecule has 4 rings (SSSR count). The van der Waals surface area contributed by atoms with Crippen molar-refractivity contribution in [3.63, 3.8) is 0 Å². The van der Waals surface area contributed by atoms with Crippen LogP contribution in [0, 0.1) is 0 Å². The maximum absolute atomic E-state index is 13.3. The van der Waals surface area contributed by atoms with E-state index in [1.807, 2.05) is 69.0 Å². The number of aromatic nitrogens is 3. The molecule has 0 unspecified atom stereocenters. The smallest absolute Gasteiger partial charge is 0.259 e. The SMILES string of the molecule is CCCN1CCN(C(=O)c2cnn(-c3ccccc3)c2-n2cccc2)CC1. The van der Waals surface area contributed by atoms with Crippen LogP contribution in [-0.4, -0.2) is 62.8 Å². The zero-order chi connectivity index (χ0) is 18.6. The third-order valence-corrected chi connectivity index (χ3v) is 5.02. The molecule has 2 aromatic heterocycles. The fourth-order valence-electron chi connectivity index (χ4n) is 3.64. The molecule has 6 nitrogen and oxygen atoms in total. The molecule has 3 aromatic rings. The third-order valence-electron chi connectivity index (χ3n) is 5.02. The van der Waals surface area contributed by atoms with E-state index in [4.69, 9.17) is 0 Å². The lowest BCUT2D eigenvalue weighted by molar-refractivity contribution is 0.0637. The van der Waals surface area contributed by atoms with Gasteiger partial charge in [0.25, 0.3) is 5.91 Å². The predicted molar refractivity (Wildman–Crippen MR) is 106 cm³/mol. The molecule has 1 aliphatic rings. The van der Waals surface area contributed by atoms with Crippen LogP contribution >= 0.6 is 0 Å². The summed E-state index contributed by atoms with van der Waals surface area (Å²) in [6.07, 6.45) is 6.75. The number of benzene rings is 1. The molecule has 1 aliphatic heterocycles. The maximum atomic E-state index is 13.3. The molecule has 1 amide bonds. The Balaban J connectivity index is 1.65. The van der Waals surface area contributed by atoms with Gasteiger partial charge in [0.05, 0.1) is 11.9 Å². The Bertz CT molecular complexity index is 877. The van der Waals surface area contributed by atoms with Crippen LogP contribution in [-0.2, 0) is 0 Å². The normalized spacial score (nSPS) is 15.2. The molecule has 3 heterocycles. The highest BCUT2D eigenvalue weighted by Gasteiger charge is 2.26. The molecule has 0 radical (unpaired) electrons. The number of nitrogens with zero attached hydrogens (tertiary/aromatic N) is 5. The largest absolute Gasteiger partial charge is 0.336 e. The van der Waals surface area contributed by atoms with Crippen LogP contribution in [0.5, 0.6) is 0 Å². The molecular weight excluding hydrogens is 338 g/mol. The summed E-state index contributed by atoms with van der Waals surface area (Å²) in [6, 6.07) is 13.8. The second kappa shape index (κ2) is 7.80. The first-order valence-electron chi connectivity index (χ1n) is 9.56. The fraction of sp³-hybridized carbons (Fsp3) is 0.333. The van der Waals surface area contributed by atoms with Gasteiger partial charge in [-0.2, -0.15) is 5.10 Å². The minimum absolute atomic E-state index is 0.0528. The standard InChI is InChI=1S/C21H25N5O/c1-2-10-23-13-15-25(16-14-23)21(27)19-17-22-26(18-8-4-3-5-9-18)20(19)24-11-6-7-12-24/h3-9,11-12,17H,2,10,13-16H2,1H3. The van der Waals surface area contributed by atoms with E-state index in [9.17, 15) is 4.79 Å². The lowest BCUT2D eigenvalue weighted by atomic mass is 10.2. The molecule has 0 atom stereocenters. The van der Waals surface area contributed by atoms with E-state index in [1.165, 1.54) is 0 Å². The minimum Gasteiger partial charge on any atom is -0.336 e. The Morgan fingerprint density at radius 3 is 2.37 bits per heavy atom. The van der Waals surface area contributed by atoms with Crippen molar-refractivity contribution in [3.8, 4) is 11.5 Å². The van der Waals surface area contributed by atoms with E-state index in [-0.39, 0.29) is 5.91 Å². The summed E-state index contributed by atoms with van der Waals surface area (Å²) in [5.41, 5.74) is 1.58. The van der Waals surface area contributed by atoms with Crippen molar-refractivity contribution in [3.05, 3.63) is 66.6 Å².